The maximum Gasteiger partial charge on any atom is -0.0170 e. The second-order valence-electron chi connectivity index (χ2n) is 5.67. The van der Waals surface area contributed by atoms with E-state index in [2.05, 4.69) is 6.92 Å². The summed E-state index contributed by atoms with van der Waals surface area (Å²) in [6.45, 7) is 2.32. The lowest BCUT2D eigenvalue weighted by Gasteiger charge is -2.17. The van der Waals surface area contributed by atoms with Gasteiger partial charge in [0.1, 0.15) is 0 Å². The standard InChI is InChI=1S/C16H32P/c1-2-3-15-17-16-13-11-9-7-5-4-6-8-10-12-14-16/h16H,2-15H2,1H3. The highest BCUT2D eigenvalue weighted by Crippen LogP contribution is 2.30. The minimum Gasteiger partial charge on any atom is -0.0775 e. The van der Waals surface area contributed by atoms with Crippen molar-refractivity contribution in [2.75, 3.05) is 6.16 Å². The van der Waals surface area contributed by atoms with Crippen molar-refractivity contribution < 1.29 is 0 Å². The molecule has 1 aliphatic rings. The van der Waals surface area contributed by atoms with Gasteiger partial charge in [-0.25, -0.2) is 0 Å². The van der Waals surface area contributed by atoms with Crippen molar-refractivity contribution in [2.24, 2.45) is 0 Å². The van der Waals surface area contributed by atoms with Gasteiger partial charge in [0.15, 0.2) is 0 Å². The Morgan fingerprint density at radius 2 is 1.24 bits per heavy atom. The van der Waals surface area contributed by atoms with Crippen molar-refractivity contribution >= 4 is 8.58 Å². The van der Waals surface area contributed by atoms with Gasteiger partial charge in [-0.3, -0.25) is 0 Å². The average molecular weight is 255 g/mol. The van der Waals surface area contributed by atoms with Crippen molar-refractivity contribution in [1.82, 2.24) is 0 Å². The molecule has 0 aromatic heterocycles. The molecule has 101 valence electrons. The van der Waals surface area contributed by atoms with Gasteiger partial charge in [0.2, 0.25) is 0 Å². The van der Waals surface area contributed by atoms with Crippen LogP contribution in [0.5, 0.6) is 0 Å². The van der Waals surface area contributed by atoms with E-state index in [1.807, 2.05) is 0 Å². The molecule has 0 nitrogen and oxygen atoms in total. The van der Waals surface area contributed by atoms with Crippen LogP contribution in [0.25, 0.3) is 0 Å². The van der Waals surface area contributed by atoms with E-state index in [0.717, 1.165) is 5.66 Å². The van der Waals surface area contributed by atoms with Gasteiger partial charge >= 0.3 is 0 Å². The van der Waals surface area contributed by atoms with Gasteiger partial charge in [0.25, 0.3) is 0 Å². The summed E-state index contributed by atoms with van der Waals surface area (Å²) in [6.07, 6.45) is 20.8. The third-order valence-corrected chi connectivity index (χ3v) is 5.58. The number of hydrogen-bond donors (Lipinski definition) is 0. The maximum atomic E-state index is 2.32. The molecule has 0 bridgehead atoms. The topological polar surface area (TPSA) is 0 Å². The highest BCUT2D eigenvalue weighted by atomic mass is 31.1. The van der Waals surface area contributed by atoms with E-state index in [4.69, 9.17) is 0 Å². The number of unbranched alkanes of at least 4 members (excludes halogenated alkanes) is 1. The van der Waals surface area contributed by atoms with E-state index < -0.39 is 0 Å². The highest BCUT2D eigenvalue weighted by molar-refractivity contribution is 7.38. The maximum absolute atomic E-state index is 2.32. The zero-order chi connectivity index (χ0) is 12.2. The van der Waals surface area contributed by atoms with Gasteiger partial charge in [-0.1, -0.05) is 79.7 Å². The van der Waals surface area contributed by atoms with E-state index >= 15 is 0 Å². The van der Waals surface area contributed by atoms with Gasteiger partial charge in [-0.2, -0.15) is 0 Å². The lowest BCUT2D eigenvalue weighted by atomic mass is 10.0. The first-order valence-electron chi connectivity index (χ1n) is 8.10. The van der Waals surface area contributed by atoms with Crippen LogP contribution in [0, 0.1) is 0 Å². The van der Waals surface area contributed by atoms with Crippen molar-refractivity contribution in [2.45, 2.75) is 96.1 Å². The molecule has 0 N–H and O–H groups in total. The fraction of sp³-hybridized carbons (Fsp3) is 1.00. The summed E-state index contributed by atoms with van der Waals surface area (Å²) < 4.78 is 0. The molecule has 0 aromatic carbocycles. The molecule has 0 spiro atoms. The van der Waals surface area contributed by atoms with Crippen LogP contribution in [-0.4, -0.2) is 11.8 Å². The predicted octanol–water partition coefficient (Wildman–Crippen LogP) is 6.41. The first-order valence-corrected chi connectivity index (χ1v) is 9.25. The molecule has 0 heterocycles. The largest absolute Gasteiger partial charge is 0.0775 e. The zero-order valence-corrected chi connectivity index (χ0v) is 12.8. The lowest BCUT2D eigenvalue weighted by molar-refractivity contribution is 0.508. The quantitative estimate of drug-likeness (QED) is 0.402. The Morgan fingerprint density at radius 1 is 0.765 bits per heavy atom. The summed E-state index contributed by atoms with van der Waals surface area (Å²) in [4.78, 5) is 0. The molecule has 1 radical (unpaired) electrons. The summed E-state index contributed by atoms with van der Waals surface area (Å²) in [7, 11) is 1.77. The van der Waals surface area contributed by atoms with Crippen LogP contribution < -0.4 is 0 Å². The second-order valence-corrected chi connectivity index (χ2v) is 7.22. The zero-order valence-electron chi connectivity index (χ0n) is 11.9. The van der Waals surface area contributed by atoms with E-state index in [0.29, 0.717) is 0 Å². The smallest absolute Gasteiger partial charge is 0.0170 e. The average Bonchev–Trinajstić information content (AvgIpc) is 2.32. The van der Waals surface area contributed by atoms with Crippen molar-refractivity contribution in [3.05, 3.63) is 0 Å². The van der Waals surface area contributed by atoms with Crippen LogP contribution in [-0.2, 0) is 0 Å². The van der Waals surface area contributed by atoms with Gasteiger partial charge in [-0.05, 0) is 31.1 Å². The van der Waals surface area contributed by atoms with Gasteiger partial charge in [-0.15, -0.1) is 0 Å². The molecule has 0 saturated heterocycles. The Morgan fingerprint density at radius 3 is 1.71 bits per heavy atom. The Hall–Kier alpha value is 0.430. The van der Waals surface area contributed by atoms with Crippen LogP contribution in [0.1, 0.15) is 90.4 Å². The fourth-order valence-corrected chi connectivity index (χ4v) is 4.35. The Balaban J connectivity index is 2.17. The van der Waals surface area contributed by atoms with Crippen LogP contribution >= 0.6 is 8.58 Å². The Bertz CT molecular complexity index is 144. The van der Waals surface area contributed by atoms with Crippen molar-refractivity contribution in [3.8, 4) is 0 Å². The van der Waals surface area contributed by atoms with E-state index in [1.165, 1.54) is 89.6 Å². The fourth-order valence-electron chi connectivity index (χ4n) is 2.76. The predicted molar refractivity (Wildman–Crippen MR) is 81.3 cm³/mol. The van der Waals surface area contributed by atoms with Crippen LogP contribution in [0.3, 0.4) is 0 Å². The number of hydrogen-bond acceptors (Lipinski definition) is 0. The van der Waals surface area contributed by atoms with E-state index in [-0.39, 0.29) is 0 Å². The monoisotopic (exact) mass is 255 g/mol. The van der Waals surface area contributed by atoms with Crippen molar-refractivity contribution in [3.63, 3.8) is 0 Å². The minimum absolute atomic E-state index is 1.04. The molecule has 1 aliphatic carbocycles. The summed E-state index contributed by atoms with van der Waals surface area (Å²) >= 11 is 0. The number of rotatable bonds is 4. The molecule has 1 heteroatoms. The third kappa shape index (κ3) is 9.06. The molecule has 0 atom stereocenters. The molecule has 0 aliphatic heterocycles. The third-order valence-electron chi connectivity index (χ3n) is 3.97. The van der Waals surface area contributed by atoms with Gasteiger partial charge < -0.3 is 0 Å². The molecule has 1 fully saturated rings. The Labute approximate surface area is 111 Å². The first kappa shape index (κ1) is 15.5. The summed E-state index contributed by atoms with van der Waals surface area (Å²) in [5.74, 6) is 0. The lowest BCUT2D eigenvalue weighted by Crippen LogP contribution is -2.03. The molecule has 0 unspecified atom stereocenters. The summed E-state index contributed by atoms with van der Waals surface area (Å²) in [6, 6.07) is 0. The van der Waals surface area contributed by atoms with Crippen LogP contribution in [0.4, 0.5) is 0 Å². The highest BCUT2D eigenvalue weighted by Gasteiger charge is 2.09. The second kappa shape index (κ2) is 11.5. The molecular weight excluding hydrogens is 223 g/mol. The first-order chi connectivity index (χ1) is 8.43. The Kier molecular flexibility index (Phi) is 10.5. The molecule has 0 aromatic rings. The van der Waals surface area contributed by atoms with Crippen molar-refractivity contribution in [1.29, 1.82) is 0 Å². The molecule has 1 rings (SSSR count). The normalized spacial score (nSPS) is 22.4. The molecular formula is C16H32P. The molecule has 17 heavy (non-hydrogen) atoms. The van der Waals surface area contributed by atoms with Crippen LogP contribution in [0.2, 0.25) is 0 Å². The van der Waals surface area contributed by atoms with Gasteiger partial charge in [0.05, 0.1) is 0 Å². The SMILES string of the molecule is CCCC[P]C1CCCCCCCCCCC1. The van der Waals surface area contributed by atoms with Crippen LogP contribution in [0.15, 0.2) is 0 Å². The molecule has 1 saturated carbocycles. The van der Waals surface area contributed by atoms with E-state index in [1.54, 1.807) is 8.58 Å². The van der Waals surface area contributed by atoms with Gasteiger partial charge in [0, 0.05) is 0 Å². The minimum atomic E-state index is 1.04. The molecule has 0 amide bonds. The summed E-state index contributed by atoms with van der Waals surface area (Å²) in [5.41, 5.74) is 1.04. The summed E-state index contributed by atoms with van der Waals surface area (Å²) in [5, 5.41) is 0. The van der Waals surface area contributed by atoms with E-state index in [9.17, 15) is 0 Å².